The molecule has 0 saturated heterocycles. The van der Waals surface area contributed by atoms with E-state index in [0.29, 0.717) is 4.77 Å². The number of rotatable bonds is 0. The van der Waals surface area contributed by atoms with Gasteiger partial charge in [0.05, 0.1) is 11.0 Å². The molecule has 0 atom stereocenters. The number of aromatic nitrogens is 2. The summed E-state index contributed by atoms with van der Waals surface area (Å²) >= 11 is 8.57. The summed E-state index contributed by atoms with van der Waals surface area (Å²) in [6.07, 6.45) is 0. The van der Waals surface area contributed by atoms with Crippen molar-refractivity contribution < 1.29 is 0 Å². The summed E-state index contributed by atoms with van der Waals surface area (Å²) in [5.41, 5.74) is 4.61. The molecule has 0 fully saturated rings. The Bertz CT molecular complexity index is 524. The number of nitrogens with one attached hydrogen (secondary N) is 2. The molecule has 0 aliphatic rings. The van der Waals surface area contributed by atoms with Gasteiger partial charge in [-0.3, -0.25) is 0 Å². The predicted octanol–water partition coefficient (Wildman–Crippen LogP) is 3.60. The molecular weight excluding hydrogens is 248 g/mol. The van der Waals surface area contributed by atoms with Gasteiger partial charge in [0.1, 0.15) is 0 Å². The molecule has 0 bridgehead atoms. The Morgan fingerprint density at radius 1 is 1.31 bits per heavy atom. The number of halogens is 1. The van der Waals surface area contributed by atoms with E-state index in [-0.39, 0.29) is 0 Å². The molecule has 2 nitrogen and oxygen atoms in total. The Kier molecular flexibility index (Phi) is 2.04. The second kappa shape index (κ2) is 2.96. The normalized spacial score (nSPS) is 11.0. The molecule has 1 heterocycles. The molecule has 4 heteroatoms. The molecule has 0 unspecified atom stereocenters. The predicted molar refractivity (Wildman–Crippen MR) is 60.7 cm³/mol. The van der Waals surface area contributed by atoms with Crippen LogP contribution in [0.25, 0.3) is 11.0 Å². The highest BCUT2D eigenvalue weighted by atomic mass is 79.9. The molecule has 2 rings (SSSR count). The van der Waals surface area contributed by atoms with Crippen molar-refractivity contribution in [3.05, 3.63) is 26.4 Å². The first-order chi connectivity index (χ1) is 6.09. The third-order valence-corrected chi connectivity index (χ3v) is 3.45. The van der Waals surface area contributed by atoms with Gasteiger partial charge in [-0.2, -0.15) is 0 Å². The van der Waals surface area contributed by atoms with Crippen molar-refractivity contribution in [2.75, 3.05) is 0 Å². The van der Waals surface area contributed by atoms with Crippen LogP contribution in [0.4, 0.5) is 0 Å². The Morgan fingerprint density at radius 2 is 2.00 bits per heavy atom. The molecule has 1 aromatic heterocycles. The largest absolute Gasteiger partial charge is 0.331 e. The standard InChI is InChI=1S/C9H9BrN2S/c1-4-3-6-8(7(10)5(4)2)12-9(13)11-6/h3H,1-2H3,(H2,11,12,13). The summed E-state index contributed by atoms with van der Waals surface area (Å²) < 4.78 is 1.76. The van der Waals surface area contributed by atoms with Crippen molar-refractivity contribution in [1.82, 2.24) is 9.97 Å². The van der Waals surface area contributed by atoms with Gasteiger partial charge in [-0.1, -0.05) is 0 Å². The first-order valence-electron chi connectivity index (χ1n) is 3.97. The fourth-order valence-electron chi connectivity index (χ4n) is 1.36. The summed E-state index contributed by atoms with van der Waals surface area (Å²) in [6, 6.07) is 2.10. The van der Waals surface area contributed by atoms with Crippen molar-refractivity contribution in [2.45, 2.75) is 13.8 Å². The lowest BCUT2D eigenvalue weighted by Gasteiger charge is -2.03. The van der Waals surface area contributed by atoms with Gasteiger partial charge in [-0.15, -0.1) is 0 Å². The van der Waals surface area contributed by atoms with Gasteiger partial charge in [0.15, 0.2) is 4.77 Å². The molecule has 13 heavy (non-hydrogen) atoms. The SMILES string of the molecule is Cc1cc2[nH]c(=S)[nH]c2c(Br)c1C. The average Bonchev–Trinajstić information content (AvgIpc) is 2.42. The van der Waals surface area contributed by atoms with E-state index in [1.807, 2.05) is 0 Å². The minimum Gasteiger partial charge on any atom is -0.331 e. The van der Waals surface area contributed by atoms with E-state index in [9.17, 15) is 0 Å². The van der Waals surface area contributed by atoms with Crippen LogP contribution in [0.5, 0.6) is 0 Å². The summed E-state index contributed by atoms with van der Waals surface area (Å²) in [7, 11) is 0. The zero-order valence-corrected chi connectivity index (χ0v) is 9.77. The van der Waals surface area contributed by atoms with E-state index in [0.717, 1.165) is 15.5 Å². The van der Waals surface area contributed by atoms with Gasteiger partial charge < -0.3 is 9.97 Å². The quantitative estimate of drug-likeness (QED) is 0.694. The number of benzene rings is 1. The van der Waals surface area contributed by atoms with Crippen LogP contribution in [0.1, 0.15) is 11.1 Å². The number of hydrogen-bond acceptors (Lipinski definition) is 1. The number of aryl methyl sites for hydroxylation is 1. The van der Waals surface area contributed by atoms with Gasteiger partial charge in [0.25, 0.3) is 0 Å². The lowest BCUT2D eigenvalue weighted by molar-refractivity contribution is 1.30. The summed E-state index contributed by atoms with van der Waals surface area (Å²) in [5.74, 6) is 0. The number of imidazole rings is 1. The molecule has 0 aliphatic carbocycles. The molecule has 0 spiro atoms. The minimum absolute atomic E-state index is 0.667. The zero-order valence-electron chi connectivity index (χ0n) is 7.36. The lowest BCUT2D eigenvalue weighted by atomic mass is 10.1. The van der Waals surface area contributed by atoms with E-state index in [4.69, 9.17) is 12.2 Å². The highest BCUT2D eigenvalue weighted by Gasteiger charge is 2.06. The van der Waals surface area contributed by atoms with E-state index in [2.05, 4.69) is 45.8 Å². The van der Waals surface area contributed by atoms with Crippen LogP contribution in [-0.4, -0.2) is 9.97 Å². The van der Waals surface area contributed by atoms with E-state index in [1.54, 1.807) is 0 Å². The van der Waals surface area contributed by atoms with Crippen molar-refractivity contribution in [2.24, 2.45) is 0 Å². The minimum atomic E-state index is 0.667. The smallest absolute Gasteiger partial charge is 0.175 e. The van der Waals surface area contributed by atoms with Crippen LogP contribution in [0, 0.1) is 18.6 Å². The van der Waals surface area contributed by atoms with E-state index >= 15 is 0 Å². The van der Waals surface area contributed by atoms with Crippen LogP contribution >= 0.6 is 28.1 Å². The molecule has 2 N–H and O–H groups in total. The first kappa shape index (κ1) is 8.97. The van der Waals surface area contributed by atoms with Gasteiger partial charge >= 0.3 is 0 Å². The fourth-order valence-corrected chi connectivity index (χ4v) is 2.20. The summed E-state index contributed by atoms with van der Waals surface area (Å²) in [6.45, 7) is 4.17. The van der Waals surface area contributed by atoms with Crippen LogP contribution in [0.2, 0.25) is 0 Å². The maximum Gasteiger partial charge on any atom is 0.175 e. The Morgan fingerprint density at radius 3 is 2.69 bits per heavy atom. The highest BCUT2D eigenvalue weighted by molar-refractivity contribution is 9.10. The van der Waals surface area contributed by atoms with Gasteiger partial charge in [-0.25, -0.2) is 0 Å². The Hall–Kier alpha value is -0.610. The van der Waals surface area contributed by atoms with Crippen molar-refractivity contribution in [3.8, 4) is 0 Å². The van der Waals surface area contributed by atoms with Crippen molar-refractivity contribution in [3.63, 3.8) is 0 Å². The number of H-pyrrole nitrogens is 2. The molecule has 1 aromatic carbocycles. The Labute approximate surface area is 89.5 Å². The van der Waals surface area contributed by atoms with Gasteiger partial charge in [0, 0.05) is 4.47 Å². The summed E-state index contributed by atoms with van der Waals surface area (Å²) in [4.78, 5) is 6.20. The molecule has 0 saturated carbocycles. The highest BCUT2D eigenvalue weighted by Crippen LogP contribution is 2.27. The maximum absolute atomic E-state index is 5.03. The third-order valence-electron chi connectivity index (χ3n) is 2.26. The van der Waals surface area contributed by atoms with Gasteiger partial charge in [-0.05, 0) is 59.2 Å². The third kappa shape index (κ3) is 1.34. The molecule has 2 aromatic rings. The lowest BCUT2D eigenvalue weighted by Crippen LogP contribution is -1.84. The van der Waals surface area contributed by atoms with Crippen molar-refractivity contribution in [1.29, 1.82) is 0 Å². The fraction of sp³-hybridized carbons (Fsp3) is 0.222. The van der Waals surface area contributed by atoms with E-state index in [1.165, 1.54) is 11.1 Å². The number of aromatic amines is 2. The molecular formula is C9H9BrN2S. The molecule has 0 amide bonds. The topological polar surface area (TPSA) is 31.6 Å². The molecule has 68 valence electrons. The monoisotopic (exact) mass is 256 g/mol. The van der Waals surface area contributed by atoms with Crippen LogP contribution in [0.3, 0.4) is 0 Å². The summed E-state index contributed by atoms with van der Waals surface area (Å²) in [5, 5.41) is 0. The second-order valence-electron chi connectivity index (χ2n) is 3.13. The van der Waals surface area contributed by atoms with Crippen molar-refractivity contribution >= 4 is 39.2 Å². The van der Waals surface area contributed by atoms with Crippen LogP contribution in [-0.2, 0) is 0 Å². The average molecular weight is 257 g/mol. The second-order valence-corrected chi connectivity index (χ2v) is 4.34. The van der Waals surface area contributed by atoms with E-state index < -0.39 is 0 Å². The maximum atomic E-state index is 5.03. The number of hydrogen-bond donors (Lipinski definition) is 2. The number of fused-ring (bicyclic) bond motifs is 1. The van der Waals surface area contributed by atoms with Crippen LogP contribution < -0.4 is 0 Å². The molecule has 0 aliphatic heterocycles. The Balaban J connectivity index is 3.00. The zero-order chi connectivity index (χ0) is 9.59. The van der Waals surface area contributed by atoms with Crippen LogP contribution in [0.15, 0.2) is 10.5 Å². The first-order valence-corrected chi connectivity index (χ1v) is 5.17. The van der Waals surface area contributed by atoms with Gasteiger partial charge in [0.2, 0.25) is 0 Å². The molecule has 0 radical (unpaired) electrons.